The smallest absolute Gasteiger partial charge is 0.315 e. The van der Waals surface area contributed by atoms with Crippen molar-refractivity contribution in [2.45, 2.75) is 64.6 Å². The van der Waals surface area contributed by atoms with Gasteiger partial charge in [0.05, 0.1) is 17.6 Å². The zero-order valence-electron chi connectivity index (χ0n) is 16.5. The highest BCUT2D eigenvalue weighted by Gasteiger charge is 2.28. The second-order valence-electron chi connectivity index (χ2n) is 7.46. The molecule has 3 unspecified atom stereocenters. The lowest BCUT2D eigenvalue weighted by molar-refractivity contribution is -0.126. The quantitative estimate of drug-likeness (QED) is 0.628. The molecule has 7 heteroatoms. The Bertz CT molecular complexity index is 666. The second kappa shape index (κ2) is 9.97. The first-order valence-corrected chi connectivity index (χ1v) is 10.3. The predicted molar refractivity (Wildman–Crippen MR) is 110 cm³/mol. The van der Waals surface area contributed by atoms with Gasteiger partial charge in [-0.05, 0) is 73.7 Å². The van der Waals surface area contributed by atoms with E-state index in [1.807, 2.05) is 39.0 Å². The molecule has 0 heterocycles. The van der Waals surface area contributed by atoms with Crippen LogP contribution in [0.5, 0.6) is 5.75 Å². The molecule has 1 aliphatic rings. The number of hydrogen-bond donors (Lipinski definition) is 3. The number of urea groups is 1. The normalized spacial score (nSPS) is 20.7. The molecule has 1 aromatic rings. The van der Waals surface area contributed by atoms with Crippen LogP contribution in [0.1, 0.15) is 58.1 Å². The highest BCUT2D eigenvalue weighted by atomic mass is 79.9. The fourth-order valence-corrected chi connectivity index (χ4v) is 3.98. The molecular formula is C20H30BrN3O3. The third-order valence-electron chi connectivity index (χ3n) is 4.83. The van der Waals surface area contributed by atoms with Gasteiger partial charge in [-0.15, -0.1) is 0 Å². The molecule has 0 saturated heterocycles. The Labute approximate surface area is 169 Å². The summed E-state index contributed by atoms with van der Waals surface area (Å²) in [5.41, 5.74) is 0.982. The number of carbonyl (C=O) groups excluding carboxylic acids is 2. The van der Waals surface area contributed by atoms with Gasteiger partial charge in [-0.1, -0.05) is 12.5 Å². The Balaban J connectivity index is 1.87. The first-order valence-electron chi connectivity index (χ1n) is 9.51. The van der Waals surface area contributed by atoms with Gasteiger partial charge < -0.3 is 20.7 Å². The van der Waals surface area contributed by atoms with Crippen molar-refractivity contribution in [1.29, 1.82) is 0 Å². The highest BCUT2D eigenvalue weighted by molar-refractivity contribution is 9.10. The molecule has 0 aliphatic heterocycles. The van der Waals surface area contributed by atoms with Gasteiger partial charge in [-0.2, -0.15) is 0 Å². The minimum Gasteiger partial charge on any atom is -0.496 e. The van der Waals surface area contributed by atoms with Crippen LogP contribution in [0.3, 0.4) is 0 Å². The molecule has 0 radical (unpaired) electrons. The zero-order chi connectivity index (χ0) is 20.0. The fourth-order valence-electron chi connectivity index (χ4n) is 3.42. The van der Waals surface area contributed by atoms with Gasteiger partial charge in [-0.25, -0.2) is 4.79 Å². The number of hydrogen-bond acceptors (Lipinski definition) is 3. The molecule has 6 nitrogen and oxygen atoms in total. The van der Waals surface area contributed by atoms with Gasteiger partial charge in [-0.3, -0.25) is 4.79 Å². The Kier molecular flexibility index (Phi) is 7.95. The molecule has 1 aliphatic carbocycles. The van der Waals surface area contributed by atoms with Crippen LogP contribution in [0.25, 0.3) is 0 Å². The maximum Gasteiger partial charge on any atom is 0.315 e. The average molecular weight is 440 g/mol. The van der Waals surface area contributed by atoms with Gasteiger partial charge in [0.2, 0.25) is 5.91 Å². The highest BCUT2D eigenvalue weighted by Crippen LogP contribution is 2.28. The minimum atomic E-state index is -0.204. The van der Waals surface area contributed by atoms with E-state index < -0.39 is 0 Å². The summed E-state index contributed by atoms with van der Waals surface area (Å²) in [4.78, 5) is 24.6. The lowest BCUT2D eigenvalue weighted by Gasteiger charge is -2.30. The molecule has 150 valence electrons. The number of ether oxygens (including phenoxy) is 1. The maximum atomic E-state index is 12.4. The van der Waals surface area contributed by atoms with E-state index in [1.165, 1.54) is 0 Å². The number of amides is 3. The molecule has 3 amide bonds. The number of methoxy groups -OCH3 is 1. The summed E-state index contributed by atoms with van der Waals surface area (Å²) >= 11 is 3.47. The van der Waals surface area contributed by atoms with E-state index in [2.05, 4.69) is 31.9 Å². The van der Waals surface area contributed by atoms with Gasteiger partial charge in [0.1, 0.15) is 5.75 Å². The molecule has 0 aromatic heterocycles. The van der Waals surface area contributed by atoms with Crippen molar-refractivity contribution in [2.24, 2.45) is 5.92 Å². The number of carbonyl (C=O) groups is 2. The molecule has 1 saturated carbocycles. The van der Waals surface area contributed by atoms with Crippen molar-refractivity contribution < 1.29 is 14.3 Å². The molecule has 3 N–H and O–H groups in total. The Morgan fingerprint density at radius 1 is 1.19 bits per heavy atom. The van der Waals surface area contributed by atoms with Gasteiger partial charge in [0.25, 0.3) is 0 Å². The van der Waals surface area contributed by atoms with Crippen LogP contribution in [0.15, 0.2) is 22.7 Å². The first-order chi connectivity index (χ1) is 12.8. The fraction of sp³-hybridized carbons (Fsp3) is 0.600. The molecule has 27 heavy (non-hydrogen) atoms. The predicted octanol–water partition coefficient (Wildman–Crippen LogP) is 3.90. The van der Waals surface area contributed by atoms with Crippen LogP contribution in [0, 0.1) is 5.92 Å². The van der Waals surface area contributed by atoms with Crippen molar-refractivity contribution in [3.8, 4) is 5.75 Å². The van der Waals surface area contributed by atoms with Crippen molar-refractivity contribution in [3.63, 3.8) is 0 Å². The molecule has 1 fully saturated rings. The topological polar surface area (TPSA) is 79.5 Å². The summed E-state index contributed by atoms with van der Waals surface area (Å²) in [6.07, 6.45) is 3.42. The van der Waals surface area contributed by atoms with E-state index in [4.69, 9.17) is 4.74 Å². The summed E-state index contributed by atoms with van der Waals surface area (Å²) in [7, 11) is 1.62. The largest absolute Gasteiger partial charge is 0.496 e. The third kappa shape index (κ3) is 6.41. The van der Waals surface area contributed by atoms with E-state index in [0.29, 0.717) is 6.42 Å². The molecule has 2 rings (SSSR count). The summed E-state index contributed by atoms with van der Waals surface area (Å²) in [5.74, 6) is 0.818. The summed E-state index contributed by atoms with van der Waals surface area (Å²) in [6.45, 7) is 5.86. The molecule has 1 aromatic carbocycles. The Morgan fingerprint density at radius 3 is 2.56 bits per heavy atom. The minimum absolute atomic E-state index is 0.0245. The summed E-state index contributed by atoms with van der Waals surface area (Å²) in [6, 6.07) is 5.56. The summed E-state index contributed by atoms with van der Waals surface area (Å²) < 4.78 is 6.09. The molecule has 3 atom stereocenters. The molecule has 0 bridgehead atoms. The van der Waals surface area contributed by atoms with Crippen LogP contribution in [-0.4, -0.2) is 31.1 Å². The van der Waals surface area contributed by atoms with Crippen molar-refractivity contribution in [3.05, 3.63) is 28.2 Å². The van der Waals surface area contributed by atoms with Crippen LogP contribution >= 0.6 is 15.9 Å². The van der Waals surface area contributed by atoms with Crippen LogP contribution < -0.4 is 20.7 Å². The van der Waals surface area contributed by atoms with E-state index in [0.717, 1.165) is 35.0 Å². The van der Waals surface area contributed by atoms with Crippen LogP contribution in [0.2, 0.25) is 0 Å². The second-order valence-corrected chi connectivity index (χ2v) is 8.31. The van der Waals surface area contributed by atoms with Gasteiger partial charge in [0.15, 0.2) is 0 Å². The van der Waals surface area contributed by atoms with Crippen molar-refractivity contribution in [2.75, 3.05) is 7.11 Å². The van der Waals surface area contributed by atoms with E-state index >= 15 is 0 Å². The van der Waals surface area contributed by atoms with Crippen molar-refractivity contribution in [1.82, 2.24) is 16.0 Å². The zero-order valence-corrected chi connectivity index (χ0v) is 18.1. The number of rotatable bonds is 6. The van der Waals surface area contributed by atoms with Crippen LogP contribution in [-0.2, 0) is 4.79 Å². The number of halogens is 1. The standard InChI is InChI=1S/C20H30BrN3O3/c1-12(2)22-19(25)15-6-5-7-16(10-15)24-20(26)23-13(3)14-8-9-18(27-4)17(21)11-14/h8-9,11-13,15-16H,5-7,10H2,1-4H3,(H,22,25)(H2,23,24,26). The SMILES string of the molecule is COc1ccc(C(C)NC(=O)NC2CCCC(C(=O)NC(C)C)C2)cc1Br. The average Bonchev–Trinajstić information content (AvgIpc) is 2.61. The van der Waals surface area contributed by atoms with Gasteiger partial charge in [0, 0.05) is 18.0 Å². The third-order valence-corrected chi connectivity index (χ3v) is 5.45. The lowest BCUT2D eigenvalue weighted by Crippen LogP contribution is -2.47. The monoisotopic (exact) mass is 439 g/mol. The van der Waals surface area contributed by atoms with Crippen molar-refractivity contribution >= 4 is 27.9 Å². The summed E-state index contributed by atoms with van der Waals surface area (Å²) in [5, 5.41) is 8.97. The van der Waals surface area contributed by atoms with E-state index in [1.54, 1.807) is 7.11 Å². The first kappa shape index (κ1) is 21.5. The lowest BCUT2D eigenvalue weighted by atomic mass is 9.85. The molecular weight excluding hydrogens is 410 g/mol. The Morgan fingerprint density at radius 2 is 1.93 bits per heavy atom. The van der Waals surface area contributed by atoms with E-state index in [-0.39, 0.29) is 36.0 Å². The maximum absolute atomic E-state index is 12.4. The number of benzene rings is 1. The van der Waals surface area contributed by atoms with Gasteiger partial charge >= 0.3 is 6.03 Å². The van der Waals surface area contributed by atoms with Crippen LogP contribution in [0.4, 0.5) is 4.79 Å². The number of nitrogens with one attached hydrogen (secondary N) is 3. The Hall–Kier alpha value is -1.76. The van der Waals surface area contributed by atoms with E-state index in [9.17, 15) is 9.59 Å². The molecule has 0 spiro atoms.